The smallest absolute Gasteiger partial charge is 0.252 e. The fourth-order valence-corrected chi connectivity index (χ4v) is 5.37. The number of rotatable bonds is 4. The minimum Gasteiger partial charge on any atom is -0.320 e. The van der Waals surface area contributed by atoms with Crippen LogP contribution in [0.2, 0.25) is 4.34 Å². The summed E-state index contributed by atoms with van der Waals surface area (Å²) in [4.78, 5) is 0.921. The predicted molar refractivity (Wildman–Crippen MR) is 88.2 cm³/mol. The Morgan fingerprint density at radius 3 is 2.81 bits per heavy atom. The van der Waals surface area contributed by atoms with Crippen molar-refractivity contribution in [3.63, 3.8) is 0 Å². The van der Waals surface area contributed by atoms with Gasteiger partial charge in [0.1, 0.15) is 4.21 Å². The second-order valence-corrected chi connectivity index (χ2v) is 9.11. The van der Waals surface area contributed by atoms with Crippen molar-refractivity contribution in [1.29, 1.82) is 0 Å². The van der Waals surface area contributed by atoms with E-state index >= 15 is 0 Å². The first-order valence-corrected chi connectivity index (χ1v) is 9.43. The lowest BCUT2D eigenvalue weighted by atomic mass is 10.3. The highest BCUT2D eigenvalue weighted by molar-refractivity contribution is 7.91. The van der Waals surface area contributed by atoms with Crippen LogP contribution in [0.25, 0.3) is 0 Å². The maximum absolute atomic E-state index is 12.4. The third-order valence-corrected chi connectivity index (χ3v) is 7.00. The first-order chi connectivity index (χ1) is 9.93. The van der Waals surface area contributed by atoms with Crippen LogP contribution in [-0.2, 0) is 16.6 Å². The molecule has 0 unspecified atom stereocenters. The predicted octanol–water partition coefficient (Wildman–Crippen LogP) is 2.59. The summed E-state index contributed by atoms with van der Waals surface area (Å²) in [5.41, 5.74) is 6.17. The van der Waals surface area contributed by atoms with E-state index in [-0.39, 0.29) is 4.21 Å². The molecule has 0 aliphatic rings. The maximum atomic E-state index is 12.4. The van der Waals surface area contributed by atoms with Gasteiger partial charge in [0.25, 0.3) is 10.0 Å². The topological polar surface area (TPSA) is 63.4 Å². The Hall–Kier alpha value is -0.880. The van der Waals surface area contributed by atoms with Crippen LogP contribution in [0.5, 0.6) is 0 Å². The molecule has 0 aromatic carbocycles. The van der Waals surface area contributed by atoms with Crippen LogP contribution in [0.1, 0.15) is 10.4 Å². The number of thiophene rings is 2. The molecule has 2 N–H and O–H groups in total. The Morgan fingerprint density at radius 2 is 2.19 bits per heavy atom. The van der Waals surface area contributed by atoms with Gasteiger partial charge in [-0.25, -0.2) is 8.42 Å². The molecule has 0 atom stereocenters. The molecule has 21 heavy (non-hydrogen) atoms. The lowest BCUT2D eigenvalue weighted by molar-refractivity contribution is 0.471. The number of hydrogen-bond donors (Lipinski definition) is 1. The molecule has 0 aliphatic carbocycles. The molecule has 4 nitrogen and oxygen atoms in total. The Morgan fingerprint density at radius 1 is 1.43 bits per heavy atom. The van der Waals surface area contributed by atoms with Crippen LogP contribution in [0.4, 0.5) is 0 Å². The average Bonchev–Trinajstić information content (AvgIpc) is 3.05. The van der Waals surface area contributed by atoms with E-state index in [2.05, 4.69) is 11.8 Å². The number of nitrogens with two attached hydrogens (primary N) is 1. The van der Waals surface area contributed by atoms with Gasteiger partial charge in [0.15, 0.2) is 0 Å². The van der Waals surface area contributed by atoms with E-state index in [1.807, 2.05) is 11.4 Å². The van der Waals surface area contributed by atoms with Crippen molar-refractivity contribution < 1.29 is 8.42 Å². The van der Waals surface area contributed by atoms with Gasteiger partial charge in [-0.05, 0) is 18.2 Å². The van der Waals surface area contributed by atoms with E-state index in [1.165, 1.54) is 21.7 Å². The molecule has 0 amide bonds. The van der Waals surface area contributed by atoms with Crippen molar-refractivity contribution in [3.8, 4) is 11.8 Å². The monoisotopic (exact) mass is 360 g/mol. The summed E-state index contributed by atoms with van der Waals surface area (Å²) in [6.45, 7) is 0.603. The van der Waals surface area contributed by atoms with Gasteiger partial charge in [-0.3, -0.25) is 0 Å². The number of nitrogens with zero attached hydrogens (tertiary/aromatic N) is 1. The first kappa shape index (κ1) is 16.5. The molecule has 0 radical (unpaired) electrons. The average molecular weight is 361 g/mol. The highest BCUT2D eigenvalue weighted by atomic mass is 35.5. The van der Waals surface area contributed by atoms with E-state index in [9.17, 15) is 8.42 Å². The minimum absolute atomic E-state index is 0.245. The Bertz CT molecular complexity index is 784. The molecular weight excluding hydrogens is 348 g/mol. The second-order valence-electron chi connectivity index (χ2n) is 4.13. The van der Waals surface area contributed by atoms with E-state index in [4.69, 9.17) is 17.3 Å². The van der Waals surface area contributed by atoms with E-state index < -0.39 is 10.0 Å². The van der Waals surface area contributed by atoms with Crippen LogP contribution >= 0.6 is 34.3 Å². The highest BCUT2D eigenvalue weighted by Crippen LogP contribution is 2.28. The summed E-state index contributed by atoms with van der Waals surface area (Å²) in [5.74, 6) is 5.69. The molecule has 0 aliphatic heterocycles. The normalized spacial score (nSPS) is 11.4. The van der Waals surface area contributed by atoms with Gasteiger partial charge in [-0.2, -0.15) is 4.31 Å². The summed E-state index contributed by atoms with van der Waals surface area (Å²) in [7, 11) is -1.96. The summed E-state index contributed by atoms with van der Waals surface area (Å²) in [5, 5.41) is 1.89. The number of halogens is 1. The van der Waals surface area contributed by atoms with Gasteiger partial charge in [0.2, 0.25) is 0 Å². The second kappa shape index (κ2) is 6.92. The number of hydrogen-bond acceptors (Lipinski definition) is 5. The molecular formula is C13H13ClN2O2S3. The van der Waals surface area contributed by atoms with Crippen molar-refractivity contribution in [1.82, 2.24) is 4.31 Å². The largest absolute Gasteiger partial charge is 0.320 e. The molecule has 0 saturated heterocycles. The van der Waals surface area contributed by atoms with Crippen molar-refractivity contribution in [2.75, 3.05) is 13.6 Å². The molecule has 0 spiro atoms. The van der Waals surface area contributed by atoms with Crippen LogP contribution < -0.4 is 5.73 Å². The van der Waals surface area contributed by atoms with Crippen LogP contribution in [0.3, 0.4) is 0 Å². The van der Waals surface area contributed by atoms with Crippen molar-refractivity contribution in [3.05, 3.63) is 38.4 Å². The summed E-state index contributed by atoms with van der Waals surface area (Å²) < 4.78 is 26.7. The highest BCUT2D eigenvalue weighted by Gasteiger charge is 2.23. The zero-order valence-corrected chi connectivity index (χ0v) is 14.4. The van der Waals surface area contributed by atoms with Gasteiger partial charge in [-0.15, -0.1) is 22.7 Å². The quantitative estimate of drug-likeness (QED) is 0.852. The van der Waals surface area contributed by atoms with Crippen molar-refractivity contribution in [2.24, 2.45) is 5.73 Å². The third kappa shape index (κ3) is 4.07. The van der Waals surface area contributed by atoms with Crippen LogP contribution in [0, 0.1) is 11.8 Å². The minimum atomic E-state index is -3.51. The van der Waals surface area contributed by atoms with Gasteiger partial charge in [-0.1, -0.05) is 23.4 Å². The lowest BCUT2D eigenvalue weighted by Gasteiger charge is -2.14. The van der Waals surface area contributed by atoms with E-state index in [0.29, 0.717) is 17.4 Å². The number of sulfonamides is 1. The molecule has 2 heterocycles. The van der Waals surface area contributed by atoms with Crippen molar-refractivity contribution in [2.45, 2.75) is 10.8 Å². The maximum Gasteiger partial charge on any atom is 0.252 e. The van der Waals surface area contributed by atoms with Gasteiger partial charge < -0.3 is 5.73 Å². The summed E-state index contributed by atoms with van der Waals surface area (Å²) in [6.07, 6.45) is 0. The zero-order valence-electron chi connectivity index (χ0n) is 11.2. The molecule has 2 rings (SSSR count). The molecule has 2 aromatic heterocycles. The fraction of sp³-hybridized carbons (Fsp3) is 0.231. The van der Waals surface area contributed by atoms with Gasteiger partial charge in [0.05, 0.1) is 10.9 Å². The Kier molecular flexibility index (Phi) is 5.43. The van der Waals surface area contributed by atoms with E-state index in [0.717, 1.165) is 21.8 Å². The lowest BCUT2D eigenvalue weighted by Crippen LogP contribution is -2.25. The summed E-state index contributed by atoms with van der Waals surface area (Å²) >= 11 is 8.32. The molecule has 0 fully saturated rings. The van der Waals surface area contributed by atoms with Gasteiger partial charge >= 0.3 is 0 Å². The van der Waals surface area contributed by atoms with Crippen LogP contribution in [-0.4, -0.2) is 26.3 Å². The standard InChI is InChI=1S/C13H13ClN2O2S3/c1-16(21(17,18)13-5-4-12(14)20-13)8-11-7-10(9-19-11)3-2-6-15/h4-5,7,9H,6,8,15H2,1H3. The molecule has 2 aromatic rings. The molecule has 0 saturated carbocycles. The molecule has 112 valence electrons. The SMILES string of the molecule is CN(Cc1cc(C#CCN)cs1)S(=O)(=O)c1ccc(Cl)s1. The first-order valence-electron chi connectivity index (χ1n) is 5.91. The van der Waals surface area contributed by atoms with Gasteiger partial charge in [0, 0.05) is 29.4 Å². The molecule has 8 heteroatoms. The van der Waals surface area contributed by atoms with Crippen LogP contribution in [0.15, 0.2) is 27.8 Å². The fourth-order valence-electron chi connectivity index (χ4n) is 1.58. The zero-order chi connectivity index (χ0) is 15.5. The Balaban J connectivity index is 2.14. The third-order valence-electron chi connectivity index (χ3n) is 2.58. The van der Waals surface area contributed by atoms with E-state index in [1.54, 1.807) is 13.1 Å². The summed E-state index contributed by atoms with van der Waals surface area (Å²) in [6, 6.07) is 4.98. The Labute approximate surface area is 137 Å². The molecule has 0 bridgehead atoms. The van der Waals surface area contributed by atoms with Crippen molar-refractivity contribution >= 4 is 44.3 Å².